The van der Waals surface area contributed by atoms with Gasteiger partial charge in [0.15, 0.2) is 0 Å². The van der Waals surface area contributed by atoms with Gasteiger partial charge >= 0.3 is 6.18 Å². The molecule has 1 aliphatic carbocycles. The number of benzene rings is 1. The molecule has 0 spiro atoms. The molecule has 3 rings (SSSR count). The van der Waals surface area contributed by atoms with Gasteiger partial charge in [0.1, 0.15) is 5.58 Å². The van der Waals surface area contributed by atoms with Gasteiger partial charge in [-0.25, -0.2) is 0 Å². The molecular weight excluding hydrogens is 255 g/mol. The molecule has 0 radical (unpaired) electrons. The number of furan rings is 1. The van der Waals surface area contributed by atoms with E-state index in [0.717, 1.165) is 24.5 Å². The Morgan fingerprint density at radius 1 is 1.26 bits per heavy atom. The Bertz CT molecular complexity index is 623. The smallest absolute Gasteiger partial charge is 0.449 e. The molecule has 0 amide bonds. The Labute approximate surface area is 108 Å². The fourth-order valence-corrected chi connectivity index (χ4v) is 2.63. The highest BCUT2D eigenvalue weighted by Gasteiger charge is 2.47. The zero-order valence-corrected chi connectivity index (χ0v) is 10.4. The molecule has 2 aromatic rings. The molecule has 0 aliphatic heterocycles. The normalized spacial score (nSPS) is 19.6. The Morgan fingerprint density at radius 3 is 2.47 bits per heavy atom. The van der Waals surface area contributed by atoms with Gasteiger partial charge in [0, 0.05) is 16.8 Å². The van der Waals surface area contributed by atoms with Crippen LogP contribution in [0.25, 0.3) is 11.0 Å². The van der Waals surface area contributed by atoms with Crippen molar-refractivity contribution in [3.8, 4) is 0 Å². The average molecular weight is 269 g/mol. The van der Waals surface area contributed by atoms with Crippen molar-refractivity contribution in [3.63, 3.8) is 0 Å². The van der Waals surface area contributed by atoms with Crippen LogP contribution in [0.1, 0.15) is 31.1 Å². The Balaban J connectivity index is 2.07. The number of halogens is 3. The first-order valence-electron chi connectivity index (χ1n) is 6.20. The van der Waals surface area contributed by atoms with Crippen LogP contribution in [0.15, 0.2) is 28.7 Å². The summed E-state index contributed by atoms with van der Waals surface area (Å²) in [5.41, 5.74) is 7.18. The summed E-state index contributed by atoms with van der Waals surface area (Å²) < 4.78 is 42.6. The summed E-state index contributed by atoms with van der Waals surface area (Å²) in [5.74, 6) is -0.953. The third-order valence-electron chi connectivity index (χ3n) is 4.03. The zero-order chi connectivity index (χ0) is 13.8. The third kappa shape index (κ3) is 1.92. The lowest BCUT2D eigenvalue weighted by Crippen LogP contribution is -2.31. The van der Waals surface area contributed by atoms with Gasteiger partial charge < -0.3 is 10.2 Å². The molecule has 1 unspecified atom stereocenters. The second-order valence-electron chi connectivity index (χ2n) is 5.31. The van der Waals surface area contributed by atoms with Crippen molar-refractivity contribution in [2.75, 3.05) is 0 Å². The molecule has 1 heterocycles. The first-order chi connectivity index (χ1) is 8.83. The van der Waals surface area contributed by atoms with Gasteiger partial charge in [-0.05, 0) is 43.5 Å². The van der Waals surface area contributed by atoms with Gasteiger partial charge in [0.05, 0.1) is 0 Å². The first-order valence-corrected chi connectivity index (χ1v) is 6.20. The van der Waals surface area contributed by atoms with E-state index in [1.165, 1.54) is 0 Å². The molecule has 0 bridgehead atoms. The van der Waals surface area contributed by atoms with Crippen molar-refractivity contribution in [1.29, 1.82) is 0 Å². The minimum atomic E-state index is -4.45. The van der Waals surface area contributed by atoms with Crippen molar-refractivity contribution in [2.24, 2.45) is 5.73 Å². The summed E-state index contributed by atoms with van der Waals surface area (Å²) in [6.45, 7) is 1.94. The number of hydrogen-bond acceptors (Lipinski definition) is 2. The summed E-state index contributed by atoms with van der Waals surface area (Å²) in [6.07, 6.45) is -2.47. The fourth-order valence-electron chi connectivity index (χ4n) is 2.63. The van der Waals surface area contributed by atoms with Crippen LogP contribution in [0.3, 0.4) is 0 Å². The van der Waals surface area contributed by atoms with Crippen molar-refractivity contribution >= 4 is 11.0 Å². The summed E-state index contributed by atoms with van der Waals surface area (Å²) in [6, 6.07) is 6.24. The van der Waals surface area contributed by atoms with Crippen LogP contribution in [0.5, 0.6) is 0 Å². The van der Waals surface area contributed by atoms with Gasteiger partial charge in [-0.3, -0.25) is 0 Å². The lowest BCUT2D eigenvalue weighted by Gasteiger charge is -2.19. The molecule has 1 fully saturated rings. The second-order valence-corrected chi connectivity index (χ2v) is 5.31. The van der Waals surface area contributed by atoms with Crippen molar-refractivity contribution in [1.82, 2.24) is 0 Å². The van der Waals surface area contributed by atoms with Gasteiger partial charge in [-0.2, -0.15) is 13.2 Å². The third-order valence-corrected chi connectivity index (χ3v) is 4.03. The Hall–Kier alpha value is -1.49. The monoisotopic (exact) mass is 269 g/mol. The van der Waals surface area contributed by atoms with E-state index in [4.69, 9.17) is 10.2 Å². The van der Waals surface area contributed by atoms with E-state index in [9.17, 15) is 13.2 Å². The molecule has 1 aromatic carbocycles. The van der Waals surface area contributed by atoms with Crippen LogP contribution < -0.4 is 5.73 Å². The quantitative estimate of drug-likeness (QED) is 0.899. The first kappa shape index (κ1) is 12.5. The standard InChI is InChI=1S/C14H14F3NO/c1-8(18)13(4-5-13)10-2-3-11-9(6-10)7-12(19-11)14(15,16)17/h2-3,6-8H,4-5,18H2,1H3. The summed E-state index contributed by atoms with van der Waals surface area (Å²) in [4.78, 5) is 0. The molecular formula is C14H14F3NO. The minimum absolute atomic E-state index is 0.000984. The van der Waals surface area contributed by atoms with E-state index >= 15 is 0 Å². The van der Waals surface area contributed by atoms with E-state index in [2.05, 4.69) is 0 Å². The van der Waals surface area contributed by atoms with E-state index in [1.807, 2.05) is 13.0 Å². The molecule has 2 nitrogen and oxygen atoms in total. The molecule has 2 N–H and O–H groups in total. The predicted molar refractivity (Wildman–Crippen MR) is 65.8 cm³/mol. The molecule has 1 aliphatic rings. The SMILES string of the molecule is CC(N)C1(c2ccc3oc(C(F)(F)F)cc3c2)CC1. The van der Waals surface area contributed by atoms with E-state index in [1.54, 1.807) is 12.1 Å². The largest absolute Gasteiger partial charge is 0.452 e. The molecule has 19 heavy (non-hydrogen) atoms. The van der Waals surface area contributed by atoms with Gasteiger partial charge in [0.25, 0.3) is 0 Å². The number of hydrogen-bond donors (Lipinski definition) is 1. The van der Waals surface area contributed by atoms with Gasteiger partial charge in [-0.1, -0.05) is 6.07 Å². The summed E-state index contributed by atoms with van der Waals surface area (Å²) in [5, 5.41) is 0.483. The fraction of sp³-hybridized carbons (Fsp3) is 0.429. The van der Waals surface area contributed by atoms with Gasteiger partial charge in [-0.15, -0.1) is 0 Å². The van der Waals surface area contributed by atoms with E-state index < -0.39 is 11.9 Å². The number of fused-ring (bicyclic) bond motifs is 1. The Morgan fingerprint density at radius 2 is 1.95 bits per heavy atom. The summed E-state index contributed by atoms with van der Waals surface area (Å²) >= 11 is 0. The van der Waals surface area contributed by atoms with Crippen LogP contribution in [-0.2, 0) is 11.6 Å². The van der Waals surface area contributed by atoms with Crippen LogP contribution in [0.4, 0.5) is 13.2 Å². The minimum Gasteiger partial charge on any atom is -0.452 e. The predicted octanol–water partition coefficient (Wildman–Crippen LogP) is 3.83. The second kappa shape index (κ2) is 3.76. The average Bonchev–Trinajstić information content (AvgIpc) is 3.01. The summed E-state index contributed by atoms with van der Waals surface area (Å²) in [7, 11) is 0. The zero-order valence-electron chi connectivity index (χ0n) is 10.4. The Kier molecular flexibility index (Phi) is 2.48. The maximum atomic E-state index is 12.6. The molecule has 5 heteroatoms. The molecule has 102 valence electrons. The number of nitrogens with two attached hydrogens (primary N) is 1. The van der Waals surface area contributed by atoms with E-state index in [-0.39, 0.29) is 17.0 Å². The lowest BCUT2D eigenvalue weighted by atomic mass is 9.89. The van der Waals surface area contributed by atoms with E-state index in [0.29, 0.717) is 5.39 Å². The molecule has 0 saturated heterocycles. The maximum Gasteiger partial charge on any atom is 0.449 e. The number of alkyl halides is 3. The maximum absolute atomic E-state index is 12.6. The van der Waals surface area contributed by atoms with Gasteiger partial charge in [0.2, 0.25) is 5.76 Å². The van der Waals surface area contributed by atoms with Crippen molar-refractivity contribution in [2.45, 2.75) is 37.4 Å². The van der Waals surface area contributed by atoms with Crippen molar-refractivity contribution in [3.05, 3.63) is 35.6 Å². The van der Waals surface area contributed by atoms with Crippen LogP contribution in [-0.4, -0.2) is 6.04 Å². The molecule has 1 aromatic heterocycles. The number of rotatable bonds is 2. The van der Waals surface area contributed by atoms with Crippen LogP contribution >= 0.6 is 0 Å². The lowest BCUT2D eigenvalue weighted by molar-refractivity contribution is -0.152. The molecule has 1 saturated carbocycles. The van der Waals surface area contributed by atoms with Crippen LogP contribution in [0, 0.1) is 0 Å². The molecule has 1 atom stereocenters. The topological polar surface area (TPSA) is 39.2 Å². The highest BCUT2D eigenvalue weighted by Crippen LogP contribution is 2.51. The van der Waals surface area contributed by atoms with Crippen LogP contribution in [0.2, 0.25) is 0 Å². The highest BCUT2D eigenvalue weighted by molar-refractivity contribution is 5.79. The highest BCUT2D eigenvalue weighted by atomic mass is 19.4. The van der Waals surface area contributed by atoms with Crippen molar-refractivity contribution < 1.29 is 17.6 Å².